The average molecular weight is 583 g/mol. The monoisotopic (exact) mass is 582 g/mol. The van der Waals surface area contributed by atoms with Gasteiger partial charge in [0, 0.05) is 22.5 Å². The average Bonchev–Trinajstić information content (AvgIpc) is 2.98. The molecule has 0 aliphatic rings. The van der Waals surface area contributed by atoms with Gasteiger partial charge in [0.25, 0.3) is 11.8 Å². The summed E-state index contributed by atoms with van der Waals surface area (Å²) in [6.07, 6.45) is 0.646. The number of nitrogens with one attached hydrogen (secondary N) is 2. The molecular weight excluding hydrogens is 558 g/mol. The number of fused-ring (bicyclic) bond motifs is 2. The van der Waals surface area contributed by atoms with E-state index >= 15 is 0 Å². The molecule has 0 saturated carbocycles. The molecule has 0 aliphatic carbocycles. The first-order chi connectivity index (χ1) is 19.9. The number of hydrogen-bond donors (Lipinski definition) is 2. The van der Waals surface area contributed by atoms with Crippen LogP contribution >= 0.6 is 0 Å². The Balaban J connectivity index is 0.00000212. The molecule has 0 aliphatic heterocycles. The molecule has 6 aromatic carbocycles. The Morgan fingerprint density at radius 3 is 1.16 bits per heavy atom. The molecule has 2 N–H and O–H groups in total. The molecule has 8 heteroatoms. The first-order valence-electron chi connectivity index (χ1n) is 13.1. The third kappa shape index (κ3) is 7.48. The molecule has 0 unspecified atom stereocenters. The second-order valence-electron chi connectivity index (χ2n) is 9.87. The van der Waals surface area contributed by atoms with Crippen LogP contribution in [0.5, 0.6) is 11.5 Å². The Labute approximate surface area is 293 Å². The van der Waals surface area contributed by atoms with Crippen LogP contribution in [0.2, 0.25) is 0 Å². The molecule has 0 atom stereocenters. The van der Waals surface area contributed by atoms with Crippen molar-refractivity contribution in [2.45, 2.75) is 6.42 Å². The van der Waals surface area contributed by atoms with Crippen LogP contribution in [0.15, 0.2) is 121 Å². The molecule has 2 amide bonds. The largest absolute Gasteiger partial charge is 1.00 e. The van der Waals surface area contributed by atoms with Crippen molar-refractivity contribution in [3.05, 3.63) is 144 Å². The van der Waals surface area contributed by atoms with Crippen LogP contribution in [0.3, 0.4) is 0 Å². The van der Waals surface area contributed by atoms with Gasteiger partial charge < -0.3 is 20.8 Å². The van der Waals surface area contributed by atoms with Crippen LogP contribution in [0.4, 0.5) is 11.4 Å². The van der Waals surface area contributed by atoms with Gasteiger partial charge in [-0.15, -0.1) is 0 Å². The van der Waals surface area contributed by atoms with Gasteiger partial charge in [0.1, 0.15) is 0 Å². The van der Waals surface area contributed by atoms with E-state index in [1.165, 1.54) is 12.1 Å². The van der Waals surface area contributed by atoms with Crippen LogP contribution in [-0.2, 0) is 6.42 Å². The number of amides is 2. The fraction of sp³-hybridized carbons (Fsp3) is 0.0286. The Morgan fingerprint density at radius 1 is 0.488 bits per heavy atom. The van der Waals surface area contributed by atoms with Crippen molar-refractivity contribution < 1.29 is 78.9 Å². The summed E-state index contributed by atoms with van der Waals surface area (Å²) >= 11 is 0. The van der Waals surface area contributed by atoms with Crippen molar-refractivity contribution in [2.75, 3.05) is 10.6 Å². The zero-order valence-corrected chi connectivity index (χ0v) is 27.9. The molecule has 6 nitrogen and oxygen atoms in total. The van der Waals surface area contributed by atoms with E-state index < -0.39 is 11.8 Å². The van der Waals surface area contributed by atoms with Gasteiger partial charge in [0.05, 0.1) is 0 Å². The Morgan fingerprint density at radius 2 is 0.814 bits per heavy atom. The summed E-state index contributed by atoms with van der Waals surface area (Å²) in [7, 11) is 0. The predicted molar refractivity (Wildman–Crippen MR) is 158 cm³/mol. The van der Waals surface area contributed by atoms with Crippen molar-refractivity contribution in [3.8, 4) is 11.5 Å². The maximum Gasteiger partial charge on any atom is 1.00 e. The van der Waals surface area contributed by atoms with Gasteiger partial charge in [-0.3, -0.25) is 9.59 Å². The number of carbonyl (C=O) groups is 2. The van der Waals surface area contributed by atoms with Crippen LogP contribution in [0.1, 0.15) is 31.8 Å². The van der Waals surface area contributed by atoms with Crippen molar-refractivity contribution in [2.24, 2.45) is 0 Å². The summed E-state index contributed by atoms with van der Waals surface area (Å²) in [5, 5.41) is 33.8. The van der Waals surface area contributed by atoms with Gasteiger partial charge in [-0.05, 0) is 75.5 Å². The number of benzene rings is 6. The van der Waals surface area contributed by atoms with Crippen molar-refractivity contribution in [3.63, 3.8) is 0 Å². The predicted octanol–water partition coefficient (Wildman–Crippen LogP) is 0.244. The van der Waals surface area contributed by atoms with Gasteiger partial charge in [0.2, 0.25) is 0 Å². The zero-order chi connectivity index (χ0) is 28.3. The minimum absolute atomic E-state index is 0. The number of hydrogen-bond acceptors (Lipinski definition) is 4. The first kappa shape index (κ1) is 32.3. The SMILES string of the molecule is O=C(Nc1ccc(Cc2ccc(NC(=O)c3cc4ccccc4cc3[O-])cc2)cc1)c1cc2ccccc2cc1[O-].[Na+].[Na+]. The quantitative estimate of drug-likeness (QED) is 0.275. The van der Waals surface area contributed by atoms with Crippen LogP contribution in [-0.4, -0.2) is 11.8 Å². The molecule has 0 spiro atoms. The summed E-state index contributed by atoms with van der Waals surface area (Å²) in [6.45, 7) is 0. The number of anilines is 2. The van der Waals surface area contributed by atoms with Crippen molar-refractivity contribution in [1.29, 1.82) is 0 Å². The summed E-state index contributed by atoms with van der Waals surface area (Å²) in [6, 6.07) is 35.9. The van der Waals surface area contributed by atoms with E-state index in [1.54, 1.807) is 36.4 Å². The Kier molecular flexibility index (Phi) is 10.7. The van der Waals surface area contributed by atoms with E-state index in [9.17, 15) is 19.8 Å². The van der Waals surface area contributed by atoms with E-state index in [4.69, 9.17) is 0 Å². The van der Waals surface area contributed by atoms with E-state index in [-0.39, 0.29) is 81.7 Å². The van der Waals surface area contributed by atoms with E-state index in [2.05, 4.69) is 10.6 Å². The molecule has 0 heterocycles. The molecular formula is C35H24N2Na2O4. The van der Waals surface area contributed by atoms with Gasteiger partial charge in [-0.2, -0.15) is 0 Å². The van der Waals surface area contributed by atoms with E-state index in [1.807, 2.05) is 72.8 Å². The van der Waals surface area contributed by atoms with Crippen LogP contribution in [0.25, 0.3) is 21.5 Å². The maximum absolute atomic E-state index is 12.8. The summed E-state index contributed by atoms with van der Waals surface area (Å²) in [5.74, 6) is -1.52. The van der Waals surface area contributed by atoms with Crippen LogP contribution < -0.4 is 80.0 Å². The third-order valence-corrected chi connectivity index (χ3v) is 7.02. The molecule has 6 aromatic rings. The first-order valence-corrected chi connectivity index (χ1v) is 13.1. The number of carbonyl (C=O) groups excluding carboxylic acids is 2. The Bertz CT molecular complexity index is 1780. The second kappa shape index (κ2) is 14.2. The third-order valence-electron chi connectivity index (χ3n) is 7.02. The topological polar surface area (TPSA) is 104 Å². The standard InChI is InChI=1S/C35H26N2O4.2Na/c38-32-20-26-7-3-1-5-24(26)18-30(32)34(40)36-28-13-9-22(10-14-28)17-23-11-15-29(16-12-23)37-35(41)31-19-25-6-2-4-8-27(25)21-33(31)39;;/h1-16,18-21,38-39H,17H2,(H,36,40)(H,37,41);;/q;2*+1/p-2. The maximum atomic E-state index is 12.8. The van der Waals surface area contributed by atoms with Gasteiger partial charge in [-0.25, -0.2) is 0 Å². The van der Waals surface area contributed by atoms with Crippen LogP contribution in [0, 0.1) is 0 Å². The molecule has 0 aromatic heterocycles. The van der Waals surface area contributed by atoms with Crippen molar-refractivity contribution >= 4 is 44.7 Å². The summed E-state index contributed by atoms with van der Waals surface area (Å²) < 4.78 is 0. The minimum atomic E-state index is -0.445. The normalized spacial score (nSPS) is 10.4. The van der Waals surface area contributed by atoms with Gasteiger partial charge >= 0.3 is 59.1 Å². The van der Waals surface area contributed by atoms with E-state index in [0.717, 1.165) is 32.7 Å². The molecule has 0 saturated heterocycles. The smallest absolute Gasteiger partial charge is 0.872 e. The molecule has 200 valence electrons. The van der Waals surface area contributed by atoms with Gasteiger partial charge in [0.15, 0.2) is 0 Å². The molecule has 0 fully saturated rings. The summed E-state index contributed by atoms with van der Waals surface area (Å²) in [4.78, 5) is 25.5. The molecule has 43 heavy (non-hydrogen) atoms. The van der Waals surface area contributed by atoms with Gasteiger partial charge in [-0.1, -0.05) is 96.4 Å². The molecule has 0 bridgehead atoms. The molecule has 0 radical (unpaired) electrons. The molecule has 6 rings (SSSR count). The second-order valence-corrected chi connectivity index (χ2v) is 9.87. The fourth-order valence-electron chi connectivity index (χ4n) is 4.84. The summed E-state index contributed by atoms with van der Waals surface area (Å²) in [5.41, 5.74) is 3.45. The number of rotatable bonds is 6. The van der Waals surface area contributed by atoms with E-state index in [0.29, 0.717) is 17.8 Å². The zero-order valence-electron chi connectivity index (χ0n) is 23.9. The Hall–Kier alpha value is -3.62. The fourth-order valence-corrected chi connectivity index (χ4v) is 4.84. The van der Waals surface area contributed by atoms with Crippen molar-refractivity contribution in [1.82, 2.24) is 0 Å². The minimum Gasteiger partial charge on any atom is -0.872 e.